The van der Waals surface area contributed by atoms with E-state index in [1.54, 1.807) is 12.4 Å². The van der Waals surface area contributed by atoms with E-state index in [0.717, 1.165) is 16.9 Å². The van der Waals surface area contributed by atoms with Crippen molar-refractivity contribution in [2.24, 2.45) is 0 Å². The summed E-state index contributed by atoms with van der Waals surface area (Å²) in [7, 11) is 0. The van der Waals surface area contributed by atoms with E-state index >= 15 is 0 Å². The zero-order valence-electron chi connectivity index (χ0n) is 12.8. The first-order valence-corrected chi connectivity index (χ1v) is 7.59. The van der Waals surface area contributed by atoms with Gasteiger partial charge in [0.15, 0.2) is 0 Å². The number of hydrogen-bond acceptors (Lipinski definition) is 3. The number of carbonyl (C=O) groups is 1. The highest BCUT2D eigenvalue weighted by Gasteiger charge is 2.32. The summed E-state index contributed by atoms with van der Waals surface area (Å²) in [5, 5.41) is 4.32. The number of carbonyl (C=O) groups excluding carboxylic acids is 1. The number of hydrogen-bond donors (Lipinski definition) is 0. The predicted molar refractivity (Wildman–Crippen MR) is 86.1 cm³/mol. The lowest BCUT2D eigenvalue weighted by molar-refractivity contribution is 0.0715. The van der Waals surface area contributed by atoms with E-state index in [0.29, 0.717) is 12.1 Å². The number of nitrogens with zero attached hydrogens (tertiary/aromatic N) is 4. The summed E-state index contributed by atoms with van der Waals surface area (Å²) in [4.78, 5) is 18.9. The van der Waals surface area contributed by atoms with Gasteiger partial charge in [-0.2, -0.15) is 5.10 Å². The first-order valence-electron chi connectivity index (χ1n) is 7.59. The Bertz CT molecular complexity index is 857. The number of fused-ring (bicyclic) bond motifs is 1. The van der Waals surface area contributed by atoms with E-state index in [4.69, 9.17) is 0 Å². The highest BCUT2D eigenvalue weighted by molar-refractivity contribution is 5.98. The molecule has 0 saturated heterocycles. The third-order valence-corrected chi connectivity index (χ3v) is 4.31. The number of para-hydroxylation sites is 1. The van der Waals surface area contributed by atoms with Gasteiger partial charge < -0.3 is 4.90 Å². The summed E-state index contributed by atoms with van der Waals surface area (Å²) >= 11 is 0. The highest BCUT2D eigenvalue weighted by Crippen LogP contribution is 2.32. The predicted octanol–water partition coefficient (Wildman–Crippen LogP) is 2.98. The molecule has 0 spiro atoms. The van der Waals surface area contributed by atoms with Crippen molar-refractivity contribution in [2.45, 2.75) is 19.5 Å². The van der Waals surface area contributed by atoms with Crippen molar-refractivity contribution in [3.8, 4) is 5.69 Å². The van der Waals surface area contributed by atoms with Crippen LogP contribution in [0.15, 0.2) is 61.1 Å². The molecule has 0 saturated carbocycles. The van der Waals surface area contributed by atoms with Crippen LogP contribution in [0.25, 0.3) is 5.69 Å². The summed E-state index contributed by atoms with van der Waals surface area (Å²) in [6, 6.07) is 13.5. The van der Waals surface area contributed by atoms with Crippen LogP contribution in [0.5, 0.6) is 0 Å². The second-order valence-electron chi connectivity index (χ2n) is 5.62. The van der Waals surface area contributed by atoms with Crippen molar-refractivity contribution in [2.75, 3.05) is 0 Å². The van der Waals surface area contributed by atoms with Gasteiger partial charge >= 0.3 is 0 Å². The molecule has 114 valence electrons. The number of benzene rings is 1. The van der Waals surface area contributed by atoms with Gasteiger partial charge in [-0.05, 0) is 31.2 Å². The molecule has 23 heavy (non-hydrogen) atoms. The number of aromatic nitrogens is 3. The van der Waals surface area contributed by atoms with E-state index < -0.39 is 0 Å². The lowest BCUT2D eigenvalue weighted by Gasteiger charge is -2.26. The molecule has 1 amide bonds. The minimum atomic E-state index is -0.0582. The fraction of sp³-hybridized carbons (Fsp3) is 0.167. The van der Waals surface area contributed by atoms with Gasteiger partial charge in [0.1, 0.15) is 0 Å². The van der Waals surface area contributed by atoms with Crippen molar-refractivity contribution in [3.05, 3.63) is 77.9 Å². The van der Waals surface area contributed by atoms with Crippen LogP contribution in [0.4, 0.5) is 0 Å². The van der Waals surface area contributed by atoms with Gasteiger partial charge in [-0.3, -0.25) is 9.78 Å². The normalized spacial score (nSPS) is 14.8. The van der Waals surface area contributed by atoms with Crippen LogP contribution in [0.1, 0.15) is 34.6 Å². The van der Waals surface area contributed by atoms with Gasteiger partial charge in [0, 0.05) is 24.2 Å². The molecule has 3 aromatic rings. The molecule has 1 atom stereocenters. The maximum absolute atomic E-state index is 12.7. The SMILES string of the molecule is C[C@@H](c1ccccc1-n1cccn1)N1Cc2ncccc2C1=O. The van der Waals surface area contributed by atoms with Crippen molar-refractivity contribution >= 4 is 5.91 Å². The molecule has 0 N–H and O–H groups in total. The standard InChI is InChI=1S/C18H16N4O/c1-13(21-12-16-15(18(21)23)7-4-9-19-16)14-6-2-3-8-17(14)22-11-5-10-20-22/h2-11,13H,12H2,1H3/t13-/m0/s1. The quantitative estimate of drug-likeness (QED) is 0.747. The van der Waals surface area contributed by atoms with Crippen LogP contribution < -0.4 is 0 Å². The molecular weight excluding hydrogens is 288 g/mol. The third-order valence-electron chi connectivity index (χ3n) is 4.31. The Morgan fingerprint density at radius 1 is 1.09 bits per heavy atom. The van der Waals surface area contributed by atoms with Gasteiger partial charge in [-0.15, -0.1) is 0 Å². The molecule has 0 aliphatic carbocycles. The van der Waals surface area contributed by atoms with Gasteiger partial charge in [-0.25, -0.2) is 4.68 Å². The van der Waals surface area contributed by atoms with Crippen LogP contribution in [0, 0.1) is 0 Å². The van der Waals surface area contributed by atoms with E-state index in [2.05, 4.69) is 10.1 Å². The minimum absolute atomic E-state index is 0.0378. The minimum Gasteiger partial charge on any atom is -0.326 e. The first kappa shape index (κ1) is 13.7. The maximum Gasteiger partial charge on any atom is 0.256 e. The van der Waals surface area contributed by atoms with Gasteiger partial charge in [0.2, 0.25) is 0 Å². The molecule has 0 fully saturated rings. The van der Waals surface area contributed by atoms with Crippen molar-refractivity contribution < 1.29 is 4.79 Å². The molecule has 5 heteroatoms. The molecule has 0 radical (unpaired) electrons. The van der Waals surface area contributed by atoms with Crippen LogP contribution in [0.3, 0.4) is 0 Å². The molecule has 5 nitrogen and oxygen atoms in total. The van der Waals surface area contributed by atoms with Crippen molar-refractivity contribution in [1.82, 2.24) is 19.7 Å². The monoisotopic (exact) mass is 304 g/mol. The average Bonchev–Trinajstić information content (AvgIpc) is 3.23. The smallest absolute Gasteiger partial charge is 0.256 e. The van der Waals surface area contributed by atoms with Crippen LogP contribution in [-0.2, 0) is 6.54 Å². The Balaban J connectivity index is 1.72. The molecule has 1 aromatic carbocycles. The molecular formula is C18H16N4O. The molecule has 3 heterocycles. The van der Waals surface area contributed by atoms with E-state index in [-0.39, 0.29) is 11.9 Å². The lowest BCUT2D eigenvalue weighted by atomic mass is 10.0. The molecule has 1 aliphatic rings. The second kappa shape index (κ2) is 5.35. The molecule has 2 aromatic heterocycles. The number of amides is 1. The first-order chi connectivity index (χ1) is 11.3. The van der Waals surface area contributed by atoms with Crippen LogP contribution >= 0.6 is 0 Å². The Kier molecular flexibility index (Phi) is 3.19. The number of rotatable bonds is 3. The Morgan fingerprint density at radius 2 is 1.96 bits per heavy atom. The van der Waals surface area contributed by atoms with E-state index in [1.165, 1.54) is 0 Å². The lowest BCUT2D eigenvalue weighted by Crippen LogP contribution is -2.28. The van der Waals surface area contributed by atoms with Crippen molar-refractivity contribution in [1.29, 1.82) is 0 Å². The fourth-order valence-electron chi connectivity index (χ4n) is 3.09. The summed E-state index contributed by atoms with van der Waals surface area (Å²) in [6.45, 7) is 2.59. The Labute approximate surface area is 134 Å². The second-order valence-corrected chi connectivity index (χ2v) is 5.62. The zero-order chi connectivity index (χ0) is 15.8. The van der Waals surface area contributed by atoms with Gasteiger partial charge in [0.25, 0.3) is 5.91 Å². The summed E-state index contributed by atoms with van der Waals surface area (Å²) < 4.78 is 1.83. The molecule has 1 aliphatic heterocycles. The zero-order valence-corrected chi connectivity index (χ0v) is 12.8. The summed E-state index contributed by atoms with van der Waals surface area (Å²) in [6.07, 6.45) is 5.40. The Morgan fingerprint density at radius 3 is 2.74 bits per heavy atom. The highest BCUT2D eigenvalue weighted by atomic mass is 16.2. The largest absolute Gasteiger partial charge is 0.326 e. The van der Waals surface area contributed by atoms with Gasteiger partial charge in [0.05, 0.1) is 29.5 Å². The topological polar surface area (TPSA) is 51.0 Å². The third kappa shape index (κ3) is 2.21. The van der Waals surface area contributed by atoms with Crippen molar-refractivity contribution in [3.63, 3.8) is 0 Å². The number of pyridine rings is 1. The van der Waals surface area contributed by atoms with Crippen LogP contribution in [-0.4, -0.2) is 25.6 Å². The molecule has 0 unspecified atom stereocenters. The van der Waals surface area contributed by atoms with E-state index in [9.17, 15) is 4.79 Å². The molecule has 4 rings (SSSR count). The average molecular weight is 304 g/mol. The fourth-order valence-corrected chi connectivity index (χ4v) is 3.09. The molecule has 0 bridgehead atoms. The Hall–Kier alpha value is -2.95. The summed E-state index contributed by atoms with van der Waals surface area (Å²) in [5.74, 6) is 0.0378. The maximum atomic E-state index is 12.7. The summed E-state index contributed by atoms with van der Waals surface area (Å²) in [5.41, 5.74) is 3.61. The van der Waals surface area contributed by atoms with Gasteiger partial charge in [-0.1, -0.05) is 18.2 Å². The van der Waals surface area contributed by atoms with Crippen LogP contribution in [0.2, 0.25) is 0 Å². The van der Waals surface area contributed by atoms with E-state index in [1.807, 2.05) is 65.2 Å².